The Labute approximate surface area is 184 Å². The number of fused-ring (bicyclic) bond motifs is 1. The quantitative estimate of drug-likeness (QED) is 0.651. The molecule has 7 heteroatoms. The zero-order valence-corrected chi connectivity index (χ0v) is 18.9. The number of nitrogens with zero attached hydrogens (tertiary/aromatic N) is 2. The monoisotopic (exact) mass is 435 g/mol. The molecule has 6 nitrogen and oxygen atoms in total. The van der Waals surface area contributed by atoms with E-state index in [4.69, 9.17) is 5.11 Å². The maximum Gasteiger partial charge on any atom is 0.317 e. The molecule has 3 heterocycles. The van der Waals surface area contributed by atoms with Gasteiger partial charge in [0.15, 0.2) is 0 Å². The molecule has 0 spiro atoms. The Hall–Kier alpha value is -1.21. The molecule has 3 unspecified atom stereocenters. The van der Waals surface area contributed by atoms with Gasteiger partial charge in [-0.2, -0.15) is 0 Å². The van der Waals surface area contributed by atoms with Gasteiger partial charge in [-0.1, -0.05) is 18.9 Å². The molecule has 0 aromatic carbocycles. The fourth-order valence-corrected chi connectivity index (χ4v) is 7.08. The van der Waals surface area contributed by atoms with E-state index < -0.39 is 0 Å². The Morgan fingerprint density at radius 3 is 2.63 bits per heavy atom. The van der Waals surface area contributed by atoms with E-state index >= 15 is 0 Å². The standard InChI is InChI=1S/C23H37N3O3S/c27-14-4-10-24-23(29)25-12-8-18(9-13-25)21-15-19(16-30-21)22(28)26-11-3-6-17-5-1-2-7-20(17)26/h15,17-20,27H,1-14,16H2,(H,24,29). The van der Waals surface area contributed by atoms with Gasteiger partial charge in [-0.3, -0.25) is 4.79 Å². The first-order valence-electron chi connectivity index (χ1n) is 12.0. The van der Waals surface area contributed by atoms with Gasteiger partial charge in [0.1, 0.15) is 0 Å². The van der Waals surface area contributed by atoms with E-state index in [1.807, 2.05) is 16.7 Å². The molecule has 4 aliphatic rings. The predicted molar refractivity (Wildman–Crippen MR) is 120 cm³/mol. The number of hydrogen-bond donors (Lipinski definition) is 2. The highest BCUT2D eigenvalue weighted by atomic mass is 32.2. The number of thioether (sulfide) groups is 1. The van der Waals surface area contributed by atoms with Crippen molar-refractivity contribution < 1.29 is 14.7 Å². The van der Waals surface area contributed by atoms with Crippen molar-refractivity contribution >= 4 is 23.7 Å². The second-order valence-electron chi connectivity index (χ2n) is 9.34. The Kier molecular flexibility index (Phi) is 7.63. The summed E-state index contributed by atoms with van der Waals surface area (Å²) in [6, 6.07) is 0.477. The molecule has 1 aliphatic carbocycles. The van der Waals surface area contributed by atoms with Crippen molar-refractivity contribution in [2.75, 3.05) is 38.5 Å². The van der Waals surface area contributed by atoms with Crippen molar-refractivity contribution in [3.05, 3.63) is 11.0 Å². The van der Waals surface area contributed by atoms with E-state index in [2.05, 4.69) is 16.3 Å². The van der Waals surface area contributed by atoms with Crippen LogP contribution in [-0.4, -0.2) is 71.4 Å². The summed E-state index contributed by atoms with van der Waals surface area (Å²) in [5.41, 5.74) is 0. The number of amides is 3. The summed E-state index contributed by atoms with van der Waals surface area (Å²) < 4.78 is 0. The number of nitrogens with one attached hydrogen (secondary N) is 1. The molecule has 0 aromatic rings. The lowest BCUT2D eigenvalue weighted by molar-refractivity contribution is -0.139. The SMILES string of the molecule is O=C(NCCCO)N1CCC(C2=CC(C(=O)N3CCCC4CCCCC43)CS2)CC1. The number of carbonyl (C=O) groups excluding carboxylic acids is 2. The summed E-state index contributed by atoms with van der Waals surface area (Å²) in [4.78, 5) is 31.0. The zero-order chi connectivity index (χ0) is 20.9. The van der Waals surface area contributed by atoms with Crippen molar-refractivity contribution in [1.29, 1.82) is 0 Å². The maximum atomic E-state index is 13.3. The van der Waals surface area contributed by atoms with E-state index in [-0.39, 0.29) is 18.6 Å². The van der Waals surface area contributed by atoms with Gasteiger partial charge in [0.2, 0.25) is 5.91 Å². The third kappa shape index (κ3) is 4.98. The van der Waals surface area contributed by atoms with Crippen LogP contribution in [0.3, 0.4) is 0 Å². The fourth-order valence-electron chi connectivity index (χ4n) is 5.74. The van der Waals surface area contributed by atoms with Crippen LogP contribution in [0.25, 0.3) is 0 Å². The van der Waals surface area contributed by atoms with Gasteiger partial charge in [0.05, 0.1) is 5.92 Å². The summed E-state index contributed by atoms with van der Waals surface area (Å²) in [5, 5.41) is 11.7. The van der Waals surface area contributed by atoms with Crippen LogP contribution < -0.4 is 5.32 Å². The third-order valence-corrected chi connectivity index (χ3v) is 8.76. The molecule has 0 aromatic heterocycles. The second-order valence-corrected chi connectivity index (χ2v) is 10.4. The van der Waals surface area contributed by atoms with Crippen molar-refractivity contribution in [3.8, 4) is 0 Å². The topological polar surface area (TPSA) is 72.9 Å². The fraction of sp³-hybridized carbons (Fsp3) is 0.826. The average molecular weight is 436 g/mol. The van der Waals surface area contributed by atoms with Crippen molar-refractivity contribution in [2.24, 2.45) is 17.8 Å². The van der Waals surface area contributed by atoms with Gasteiger partial charge in [0, 0.05) is 44.6 Å². The Balaban J connectivity index is 1.29. The van der Waals surface area contributed by atoms with Gasteiger partial charge >= 0.3 is 6.03 Å². The molecule has 30 heavy (non-hydrogen) atoms. The number of aliphatic hydroxyl groups is 1. The van der Waals surface area contributed by atoms with Gasteiger partial charge in [-0.05, 0) is 61.7 Å². The largest absolute Gasteiger partial charge is 0.396 e. The molecule has 2 saturated heterocycles. The summed E-state index contributed by atoms with van der Waals surface area (Å²) in [5.74, 6) is 2.53. The highest BCUT2D eigenvalue weighted by Crippen LogP contribution is 2.41. The first kappa shape index (κ1) is 22.0. The predicted octanol–water partition coefficient (Wildman–Crippen LogP) is 3.22. The van der Waals surface area contributed by atoms with E-state index in [1.54, 1.807) is 0 Å². The van der Waals surface area contributed by atoms with Gasteiger partial charge in [0.25, 0.3) is 0 Å². The molecule has 3 fully saturated rings. The molecule has 168 valence electrons. The van der Waals surface area contributed by atoms with Crippen LogP contribution >= 0.6 is 11.8 Å². The number of piperidine rings is 2. The van der Waals surface area contributed by atoms with Crippen LogP contribution in [0.2, 0.25) is 0 Å². The van der Waals surface area contributed by atoms with E-state index in [0.29, 0.717) is 30.8 Å². The maximum absolute atomic E-state index is 13.3. The van der Waals surface area contributed by atoms with E-state index in [1.165, 1.54) is 43.4 Å². The minimum Gasteiger partial charge on any atom is -0.396 e. The smallest absolute Gasteiger partial charge is 0.317 e. The van der Waals surface area contributed by atoms with Gasteiger partial charge in [-0.25, -0.2) is 4.79 Å². The molecule has 3 aliphatic heterocycles. The first-order chi connectivity index (χ1) is 14.7. The molecule has 2 N–H and O–H groups in total. The number of allylic oxidation sites excluding steroid dienone is 1. The Morgan fingerprint density at radius 1 is 1.07 bits per heavy atom. The van der Waals surface area contributed by atoms with Gasteiger partial charge < -0.3 is 20.2 Å². The number of rotatable bonds is 5. The minimum atomic E-state index is -0.0184. The molecule has 4 rings (SSSR count). The van der Waals surface area contributed by atoms with Gasteiger partial charge in [-0.15, -0.1) is 11.8 Å². The average Bonchev–Trinajstić information content (AvgIpc) is 3.29. The molecule has 0 bridgehead atoms. The van der Waals surface area contributed by atoms with E-state index in [9.17, 15) is 9.59 Å². The number of hydrogen-bond acceptors (Lipinski definition) is 4. The first-order valence-corrected chi connectivity index (χ1v) is 12.9. The second kappa shape index (κ2) is 10.4. The van der Waals surface area contributed by atoms with Crippen LogP contribution in [0.4, 0.5) is 4.79 Å². The highest BCUT2D eigenvalue weighted by Gasteiger charge is 2.39. The summed E-state index contributed by atoms with van der Waals surface area (Å²) in [6.45, 7) is 3.11. The number of likely N-dealkylation sites (tertiary alicyclic amines) is 2. The summed E-state index contributed by atoms with van der Waals surface area (Å²) in [6.07, 6.45) is 12.4. The Morgan fingerprint density at radius 2 is 1.83 bits per heavy atom. The lowest BCUT2D eigenvalue weighted by Gasteiger charge is -2.44. The molecule has 3 amide bonds. The highest BCUT2D eigenvalue weighted by molar-refractivity contribution is 8.03. The van der Waals surface area contributed by atoms with Crippen LogP contribution in [0.1, 0.15) is 57.8 Å². The third-order valence-electron chi connectivity index (χ3n) is 7.43. The molecular formula is C23H37N3O3S. The van der Waals surface area contributed by atoms with Crippen LogP contribution in [-0.2, 0) is 4.79 Å². The van der Waals surface area contributed by atoms with Crippen molar-refractivity contribution in [2.45, 2.75) is 63.8 Å². The zero-order valence-electron chi connectivity index (χ0n) is 18.1. The van der Waals surface area contributed by atoms with Crippen LogP contribution in [0.15, 0.2) is 11.0 Å². The van der Waals surface area contributed by atoms with Crippen molar-refractivity contribution in [3.63, 3.8) is 0 Å². The molecular weight excluding hydrogens is 398 g/mol. The molecule has 0 radical (unpaired) electrons. The lowest BCUT2D eigenvalue weighted by Crippen LogP contribution is -2.51. The summed E-state index contributed by atoms with van der Waals surface area (Å²) in [7, 11) is 0. The van der Waals surface area contributed by atoms with Crippen LogP contribution in [0.5, 0.6) is 0 Å². The molecule has 3 atom stereocenters. The summed E-state index contributed by atoms with van der Waals surface area (Å²) >= 11 is 1.87. The number of aliphatic hydroxyl groups excluding tert-OH is 1. The van der Waals surface area contributed by atoms with E-state index in [0.717, 1.165) is 44.1 Å². The number of urea groups is 1. The minimum absolute atomic E-state index is 0.0184. The Bertz CT molecular complexity index is 646. The molecule has 1 saturated carbocycles. The normalized spacial score (nSPS) is 30.0. The number of carbonyl (C=O) groups is 2. The van der Waals surface area contributed by atoms with Crippen LogP contribution in [0, 0.1) is 17.8 Å². The van der Waals surface area contributed by atoms with Crippen molar-refractivity contribution in [1.82, 2.24) is 15.1 Å². The lowest BCUT2D eigenvalue weighted by atomic mass is 9.78.